The second-order valence-corrected chi connectivity index (χ2v) is 9.55. The number of β-amino-alcohol motifs (C(OH)–C–C–N with tert-alkyl or cyclic N) is 1. The fraction of sp³-hybridized carbons (Fsp3) is 0.385. The van der Waals surface area contributed by atoms with E-state index in [4.69, 9.17) is 5.73 Å². The SMILES string of the molecule is NC1C(C(O)N[C@@H](CNC(=O)CCC(O)c2cc(O)cc(NC3=NCC(O)CN3)c2)C(=O)O)=Nc2ccccc21. The lowest BCUT2D eigenvalue weighted by atomic mass is 10.0. The van der Waals surface area contributed by atoms with Crippen molar-refractivity contribution in [3.63, 3.8) is 0 Å². The molecule has 2 aromatic carbocycles. The van der Waals surface area contributed by atoms with E-state index >= 15 is 0 Å². The van der Waals surface area contributed by atoms with Crippen molar-refractivity contribution in [2.75, 3.05) is 25.0 Å². The molecule has 0 spiro atoms. The van der Waals surface area contributed by atoms with E-state index < -0.39 is 42.4 Å². The molecule has 4 unspecified atom stereocenters. The molecule has 5 atom stereocenters. The number of carbonyl (C=O) groups is 2. The number of guanidine groups is 1. The fourth-order valence-electron chi connectivity index (χ4n) is 4.33. The van der Waals surface area contributed by atoms with E-state index in [-0.39, 0.29) is 37.4 Å². The van der Waals surface area contributed by atoms with Gasteiger partial charge in [0.05, 0.1) is 36.2 Å². The van der Waals surface area contributed by atoms with Crippen molar-refractivity contribution in [3.05, 3.63) is 53.6 Å². The zero-order valence-electron chi connectivity index (χ0n) is 21.5. The van der Waals surface area contributed by atoms with E-state index in [1.807, 2.05) is 0 Å². The number of rotatable bonds is 11. The Morgan fingerprint density at radius 3 is 2.65 bits per heavy atom. The number of aliphatic hydroxyl groups excluding tert-OH is 3. The zero-order valence-corrected chi connectivity index (χ0v) is 21.5. The van der Waals surface area contributed by atoms with Gasteiger partial charge in [-0.1, -0.05) is 18.2 Å². The summed E-state index contributed by atoms with van der Waals surface area (Å²) in [6.07, 6.45) is -3.26. The normalized spacial score (nSPS) is 20.3. The minimum atomic E-state index is -1.45. The first-order chi connectivity index (χ1) is 19.1. The summed E-state index contributed by atoms with van der Waals surface area (Å²) in [7, 11) is 0. The van der Waals surface area contributed by atoms with Crippen LogP contribution in [-0.4, -0.2) is 87.1 Å². The molecule has 11 N–H and O–H groups in total. The molecular weight excluding hydrogens is 522 g/mol. The van der Waals surface area contributed by atoms with Crippen molar-refractivity contribution in [1.82, 2.24) is 16.0 Å². The van der Waals surface area contributed by atoms with Crippen LogP contribution in [0.4, 0.5) is 11.4 Å². The number of carbonyl (C=O) groups excluding carboxylic acids is 1. The minimum absolute atomic E-state index is 0.00216. The van der Waals surface area contributed by atoms with Gasteiger partial charge in [0.2, 0.25) is 5.91 Å². The Morgan fingerprint density at radius 1 is 1.18 bits per heavy atom. The Labute approximate surface area is 229 Å². The lowest BCUT2D eigenvalue weighted by molar-refractivity contribution is -0.140. The summed E-state index contributed by atoms with van der Waals surface area (Å²) in [6.45, 7) is 0.219. The van der Waals surface area contributed by atoms with Crippen LogP contribution < -0.4 is 27.0 Å². The standard InChI is InChI=1S/C26H33N7O7/c27-22-17-3-1-2-4-18(17)32-23(22)24(38)33-19(25(39)40)12-28-21(37)6-5-20(36)13-7-14(9-15(34)8-13)31-26-29-10-16(35)11-30-26/h1-4,7-9,16,19-20,22,24,33-36,38H,5-6,10-12,27H2,(H,28,37)(H,39,40)(H2,29,30,31)/t19-,20?,22?,24?/m0/s1. The van der Waals surface area contributed by atoms with Crippen molar-refractivity contribution in [1.29, 1.82) is 0 Å². The van der Waals surface area contributed by atoms with E-state index in [1.165, 1.54) is 12.1 Å². The summed E-state index contributed by atoms with van der Waals surface area (Å²) >= 11 is 0. The number of fused-ring (bicyclic) bond motifs is 1. The Kier molecular flexibility index (Phi) is 9.29. The molecule has 2 aliphatic heterocycles. The number of carboxylic acid groups (broad SMARTS) is 1. The van der Waals surface area contributed by atoms with Gasteiger partial charge in [-0.2, -0.15) is 0 Å². The molecule has 0 aliphatic carbocycles. The Morgan fingerprint density at radius 2 is 1.95 bits per heavy atom. The molecule has 2 heterocycles. The number of phenolic OH excluding ortho intramolecular Hbond substituents is 1. The number of anilines is 1. The number of aliphatic imine (C=N–C) groups is 2. The summed E-state index contributed by atoms with van der Waals surface area (Å²) in [5.74, 6) is -1.50. The van der Waals surface area contributed by atoms with Gasteiger partial charge in [0.1, 0.15) is 18.0 Å². The summed E-state index contributed by atoms with van der Waals surface area (Å²) in [4.78, 5) is 32.6. The third-order valence-corrected chi connectivity index (χ3v) is 6.48. The smallest absolute Gasteiger partial charge is 0.322 e. The van der Waals surface area contributed by atoms with E-state index in [9.17, 15) is 35.1 Å². The molecule has 40 heavy (non-hydrogen) atoms. The van der Waals surface area contributed by atoms with Gasteiger partial charge < -0.3 is 47.2 Å². The molecule has 14 nitrogen and oxygen atoms in total. The predicted octanol–water partition coefficient (Wildman–Crippen LogP) is -0.799. The Hall–Kier alpha value is -4.08. The van der Waals surface area contributed by atoms with E-state index in [0.29, 0.717) is 35.0 Å². The Balaban J connectivity index is 1.27. The zero-order chi connectivity index (χ0) is 28.8. The van der Waals surface area contributed by atoms with Gasteiger partial charge in [-0.3, -0.25) is 24.9 Å². The average molecular weight is 556 g/mol. The number of phenols is 1. The van der Waals surface area contributed by atoms with Crippen LogP contribution in [0.25, 0.3) is 0 Å². The van der Waals surface area contributed by atoms with Crippen molar-refractivity contribution in [2.45, 2.75) is 43.4 Å². The van der Waals surface area contributed by atoms with Gasteiger partial charge in [0.25, 0.3) is 0 Å². The van der Waals surface area contributed by atoms with Gasteiger partial charge in [-0.25, -0.2) is 0 Å². The molecule has 0 bridgehead atoms. The molecule has 0 saturated heterocycles. The molecule has 0 fully saturated rings. The third kappa shape index (κ3) is 7.31. The van der Waals surface area contributed by atoms with Crippen LogP contribution in [0.2, 0.25) is 0 Å². The maximum Gasteiger partial charge on any atom is 0.322 e. The predicted molar refractivity (Wildman–Crippen MR) is 146 cm³/mol. The molecule has 4 rings (SSSR count). The second kappa shape index (κ2) is 12.8. The van der Waals surface area contributed by atoms with Crippen LogP contribution in [0.1, 0.15) is 36.1 Å². The fourth-order valence-corrected chi connectivity index (χ4v) is 4.33. The number of carboxylic acids is 1. The van der Waals surface area contributed by atoms with Crippen molar-refractivity contribution >= 4 is 34.9 Å². The number of aromatic hydroxyl groups is 1. The highest BCUT2D eigenvalue weighted by atomic mass is 16.4. The first-order valence-electron chi connectivity index (χ1n) is 12.7. The van der Waals surface area contributed by atoms with E-state index in [0.717, 1.165) is 0 Å². The molecule has 0 radical (unpaired) electrons. The number of aliphatic hydroxyl groups is 3. The van der Waals surface area contributed by atoms with Crippen molar-refractivity contribution in [2.24, 2.45) is 15.7 Å². The first kappa shape index (κ1) is 28.9. The number of benzene rings is 2. The van der Waals surface area contributed by atoms with Crippen LogP contribution >= 0.6 is 0 Å². The lowest BCUT2D eigenvalue weighted by Crippen LogP contribution is -2.53. The van der Waals surface area contributed by atoms with Crippen molar-refractivity contribution in [3.8, 4) is 5.75 Å². The second-order valence-electron chi connectivity index (χ2n) is 9.55. The van der Waals surface area contributed by atoms with Gasteiger partial charge in [0.15, 0.2) is 5.96 Å². The largest absolute Gasteiger partial charge is 0.508 e. The van der Waals surface area contributed by atoms with E-state index in [1.54, 1.807) is 30.3 Å². The highest BCUT2D eigenvalue weighted by molar-refractivity contribution is 6.00. The van der Waals surface area contributed by atoms with E-state index in [2.05, 4.69) is 31.3 Å². The molecule has 0 aromatic heterocycles. The number of nitrogens with one attached hydrogen (secondary N) is 4. The highest BCUT2D eigenvalue weighted by Crippen LogP contribution is 2.32. The number of nitrogens with two attached hydrogens (primary N) is 1. The first-order valence-corrected chi connectivity index (χ1v) is 12.7. The van der Waals surface area contributed by atoms with Gasteiger partial charge >= 0.3 is 5.97 Å². The van der Waals surface area contributed by atoms with Crippen LogP contribution in [0, 0.1) is 0 Å². The van der Waals surface area contributed by atoms with Crippen LogP contribution in [-0.2, 0) is 9.59 Å². The molecule has 1 amide bonds. The number of amides is 1. The van der Waals surface area contributed by atoms with Gasteiger partial charge in [0, 0.05) is 36.8 Å². The number of hydrogen-bond donors (Lipinski definition) is 10. The molecule has 2 aliphatic rings. The molecular formula is C26H33N7O7. The number of para-hydroxylation sites is 1. The van der Waals surface area contributed by atoms with Crippen molar-refractivity contribution < 1.29 is 35.1 Å². The topological polar surface area (TPSA) is 234 Å². The maximum absolute atomic E-state index is 12.4. The van der Waals surface area contributed by atoms with Crippen LogP contribution in [0.5, 0.6) is 5.75 Å². The highest BCUT2D eigenvalue weighted by Gasteiger charge is 2.31. The lowest BCUT2D eigenvalue weighted by Gasteiger charge is -2.22. The summed E-state index contributed by atoms with van der Waals surface area (Å²) in [5, 5.41) is 61.2. The average Bonchev–Trinajstić information content (AvgIpc) is 3.27. The van der Waals surface area contributed by atoms with Crippen LogP contribution in [0.15, 0.2) is 52.4 Å². The molecule has 14 heteroatoms. The third-order valence-electron chi connectivity index (χ3n) is 6.48. The van der Waals surface area contributed by atoms with Gasteiger partial charge in [-0.15, -0.1) is 0 Å². The minimum Gasteiger partial charge on any atom is -0.508 e. The monoisotopic (exact) mass is 555 g/mol. The molecule has 0 saturated carbocycles. The number of aliphatic carboxylic acids is 1. The quantitative estimate of drug-likeness (QED) is 0.154. The maximum atomic E-state index is 12.4. The Bertz CT molecular complexity index is 1300. The van der Waals surface area contributed by atoms with Crippen LogP contribution in [0.3, 0.4) is 0 Å². The molecule has 214 valence electrons. The van der Waals surface area contributed by atoms with Gasteiger partial charge in [-0.05, 0) is 30.2 Å². The summed E-state index contributed by atoms with van der Waals surface area (Å²) in [5.41, 5.74) is 8.43. The summed E-state index contributed by atoms with van der Waals surface area (Å²) in [6, 6.07) is 9.45. The summed E-state index contributed by atoms with van der Waals surface area (Å²) < 4.78 is 0. The number of hydrogen-bond acceptors (Lipinski definition) is 12. The number of nitrogens with zero attached hydrogens (tertiary/aromatic N) is 2. The molecule has 2 aromatic rings.